The highest BCUT2D eigenvalue weighted by Gasteiger charge is 2.38. The molecular weight excluding hydrogens is 464 g/mol. The van der Waals surface area contributed by atoms with Crippen molar-refractivity contribution >= 4 is 46.8 Å². The molecule has 0 aromatic carbocycles. The highest BCUT2D eigenvalue weighted by molar-refractivity contribution is 7.86. The number of hydrogen-bond acceptors (Lipinski definition) is 7. The predicted octanol–water partition coefficient (Wildman–Crippen LogP) is 1.94. The molecule has 0 fully saturated rings. The fraction of sp³-hybridized carbons (Fsp3) is 0. The number of pyridine rings is 5. The lowest BCUT2D eigenvalue weighted by atomic mass is 10.5. The predicted molar refractivity (Wildman–Crippen MR) is 134 cm³/mol. The molecule has 5 aromatic heterocycles. The highest BCUT2D eigenvalue weighted by atomic mass is 31.2. The minimum atomic E-state index is -3.55. The van der Waals surface area contributed by atoms with E-state index in [2.05, 4.69) is 24.9 Å². The lowest BCUT2D eigenvalue weighted by Gasteiger charge is -2.21. The van der Waals surface area contributed by atoms with Crippen molar-refractivity contribution in [1.82, 2.24) is 24.9 Å². The first-order valence-electron chi connectivity index (χ1n) is 10.5. The zero-order valence-electron chi connectivity index (χ0n) is 17.9. The number of aromatic nitrogens is 5. The van der Waals surface area contributed by atoms with E-state index < -0.39 is 14.3 Å². The van der Waals surface area contributed by atoms with Gasteiger partial charge in [0.1, 0.15) is 27.2 Å². The molecule has 0 N–H and O–H groups in total. The Hall–Kier alpha value is -3.79. The van der Waals surface area contributed by atoms with Crippen molar-refractivity contribution in [3.63, 3.8) is 0 Å². The van der Waals surface area contributed by atoms with Crippen molar-refractivity contribution in [2.75, 3.05) is 0 Å². The summed E-state index contributed by atoms with van der Waals surface area (Å²) in [6.07, 6.45) is 7.88. The second-order valence-corrected chi connectivity index (χ2v) is 12.6. The summed E-state index contributed by atoms with van der Waals surface area (Å²) in [6.45, 7) is 0. The van der Waals surface area contributed by atoms with Crippen molar-refractivity contribution < 1.29 is 9.13 Å². The van der Waals surface area contributed by atoms with Crippen LogP contribution in [0.2, 0.25) is 0 Å². The van der Waals surface area contributed by atoms with E-state index in [1.54, 1.807) is 110 Å². The third-order valence-corrected chi connectivity index (χ3v) is 10.8. The van der Waals surface area contributed by atoms with Gasteiger partial charge in [-0.15, -0.1) is 0 Å². The van der Waals surface area contributed by atoms with Gasteiger partial charge in [0.15, 0.2) is 0 Å². The first kappa shape index (κ1) is 22.0. The smallest absolute Gasteiger partial charge is 0.223 e. The maximum atomic E-state index is 14.7. The van der Waals surface area contributed by atoms with Gasteiger partial charge in [-0.2, -0.15) is 0 Å². The van der Waals surface area contributed by atoms with Gasteiger partial charge in [0, 0.05) is 36.3 Å². The molecular formula is C25H19N5O2P2. The van der Waals surface area contributed by atoms with E-state index in [1.807, 2.05) is 0 Å². The van der Waals surface area contributed by atoms with Crippen LogP contribution >= 0.6 is 14.3 Å². The van der Waals surface area contributed by atoms with Crippen LogP contribution in [0.15, 0.2) is 116 Å². The molecule has 5 heterocycles. The number of nitrogens with zero attached hydrogens (tertiary/aromatic N) is 5. The van der Waals surface area contributed by atoms with Crippen LogP contribution in [-0.4, -0.2) is 24.9 Å². The molecule has 0 aliphatic heterocycles. The topological polar surface area (TPSA) is 98.6 Å². The van der Waals surface area contributed by atoms with Gasteiger partial charge in [-0.1, -0.05) is 24.3 Å². The molecule has 0 unspecified atom stereocenters. The van der Waals surface area contributed by atoms with Gasteiger partial charge >= 0.3 is 0 Å². The Morgan fingerprint density at radius 1 is 0.412 bits per heavy atom. The van der Waals surface area contributed by atoms with Crippen molar-refractivity contribution in [3.8, 4) is 0 Å². The molecule has 0 radical (unpaired) electrons. The molecule has 0 aliphatic rings. The molecule has 5 rings (SSSR count). The summed E-state index contributed by atoms with van der Waals surface area (Å²) in [6, 6.07) is 24.3. The van der Waals surface area contributed by atoms with Crippen molar-refractivity contribution in [1.29, 1.82) is 0 Å². The lowest BCUT2D eigenvalue weighted by molar-refractivity contribution is 0.591. The summed E-state index contributed by atoms with van der Waals surface area (Å²) in [5, 5.41) is 0.432. The van der Waals surface area contributed by atoms with E-state index in [4.69, 9.17) is 0 Å². The Morgan fingerprint density at radius 2 is 0.794 bits per heavy atom. The first-order chi connectivity index (χ1) is 16.6. The van der Waals surface area contributed by atoms with E-state index >= 15 is 0 Å². The summed E-state index contributed by atoms with van der Waals surface area (Å²) < 4.78 is 29.4. The third-order valence-electron chi connectivity index (χ3n) is 5.30. The molecule has 0 saturated carbocycles. The van der Waals surface area contributed by atoms with Crippen LogP contribution in [0.3, 0.4) is 0 Å². The molecule has 0 spiro atoms. The maximum absolute atomic E-state index is 14.7. The molecule has 9 heteroatoms. The van der Waals surface area contributed by atoms with E-state index in [1.165, 1.54) is 6.20 Å². The van der Waals surface area contributed by atoms with Gasteiger partial charge in [-0.25, -0.2) is 0 Å². The van der Waals surface area contributed by atoms with Crippen LogP contribution in [0.5, 0.6) is 0 Å². The summed E-state index contributed by atoms with van der Waals surface area (Å²) in [4.78, 5) is 22.0. The fourth-order valence-electron chi connectivity index (χ4n) is 3.67. The molecule has 166 valence electrons. The van der Waals surface area contributed by atoms with Crippen LogP contribution < -0.4 is 32.5 Å². The van der Waals surface area contributed by atoms with E-state index in [0.717, 1.165) is 0 Å². The van der Waals surface area contributed by atoms with Gasteiger partial charge < -0.3 is 9.13 Å². The molecule has 5 aromatic rings. The van der Waals surface area contributed by atoms with Crippen molar-refractivity contribution in [2.45, 2.75) is 0 Å². The third kappa shape index (κ3) is 3.79. The minimum Gasteiger partial charge on any atom is -0.305 e. The standard InChI is InChI=1S/C25H19N5O2P2/c31-33(21-9-1-5-14-26-21,22-10-2-6-15-27-22)20-13-18-30-25(19-20)34(32,23-11-3-7-16-28-23)24-12-4-8-17-29-24/h1-19H. The summed E-state index contributed by atoms with van der Waals surface area (Å²) in [7, 11) is -7.03. The fourth-order valence-corrected chi connectivity index (χ4v) is 8.47. The molecule has 0 aliphatic carbocycles. The monoisotopic (exact) mass is 483 g/mol. The number of rotatable bonds is 6. The lowest BCUT2D eigenvalue weighted by Crippen LogP contribution is -2.34. The maximum Gasteiger partial charge on any atom is 0.223 e. The molecule has 0 atom stereocenters. The molecule has 0 saturated heterocycles. The average Bonchev–Trinajstić information content (AvgIpc) is 2.94. The van der Waals surface area contributed by atoms with Gasteiger partial charge in [-0.05, 0) is 60.7 Å². The average molecular weight is 483 g/mol. The normalized spacial score (nSPS) is 11.8. The van der Waals surface area contributed by atoms with Crippen LogP contribution in [-0.2, 0) is 9.13 Å². The minimum absolute atomic E-state index is 0.245. The molecule has 7 nitrogen and oxygen atoms in total. The van der Waals surface area contributed by atoms with E-state index in [0.29, 0.717) is 27.0 Å². The van der Waals surface area contributed by atoms with Crippen LogP contribution in [0, 0.1) is 0 Å². The Labute approximate surface area is 196 Å². The molecule has 0 bridgehead atoms. The van der Waals surface area contributed by atoms with Gasteiger partial charge in [0.2, 0.25) is 14.3 Å². The van der Waals surface area contributed by atoms with Crippen LogP contribution in [0.4, 0.5) is 0 Å². The molecule has 34 heavy (non-hydrogen) atoms. The summed E-state index contributed by atoms with van der Waals surface area (Å²) in [5.74, 6) is 0. The zero-order valence-corrected chi connectivity index (χ0v) is 19.7. The quantitative estimate of drug-likeness (QED) is 0.341. The SMILES string of the molecule is O=P(c1ccnc(P(=O)(c2ccccn2)c2ccccn2)c1)(c1ccccn1)c1ccccn1. The van der Waals surface area contributed by atoms with Crippen molar-refractivity contribution in [3.05, 3.63) is 116 Å². The Balaban J connectivity index is 1.76. The zero-order chi connectivity index (χ0) is 23.4. The highest BCUT2D eigenvalue weighted by Crippen LogP contribution is 2.43. The largest absolute Gasteiger partial charge is 0.305 e. The first-order valence-corrected chi connectivity index (χ1v) is 13.9. The van der Waals surface area contributed by atoms with Gasteiger partial charge in [0.25, 0.3) is 0 Å². The van der Waals surface area contributed by atoms with Gasteiger partial charge in [0.05, 0.1) is 0 Å². The van der Waals surface area contributed by atoms with E-state index in [9.17, 15) is 9.13 Å². The Bertz CT molecular complexity index is 1300. The second-order valence-electron chi connectivity index (χ2n) is 7.34. The van der Waals surface area contributed by atoms with Crippen molar-refractivity contribution in [2.24, 2.45) is 0 Å². The summed E-state index contributed by atoms with van der Waals surface area (Å²) in [5.41, 5.74) is 1.72. The van der Waals surface area contributed by atoms with Gasteiger partial charge in [-0.3, -0.25) is 24.9 Å². The van der Waals surface area contributed by atoms with Crippen LogP contribution in [0.1, 0.15) is 0 Å². The van der Waals surface area contributed by atoms with Crippen LogP contribution in [0.25, 0.3) is 0 Å². The second kappa shape index (κ2) is 9.22. The Morgan fingerprint density at radius 3 is 1.18 bits per heavy atom. The Kier molecular flexibility index (Phi) is 5.97. The number of hydrogen-bond donors (Lipinski definition) is 0. The van der Waals surface area contributed by atoms with E-state index in [-0.39, 0.29) is 5.44 Å². The summed E-state index contributed by atoms with van der Waals surface area (Å²) >= 11 is 0. The molecule has 0 amide bonds.